The minimum absolute atomic E-state index is 0.540. The van der Waals surface area contributed by atoms with E-state index >= 15 is 0 Å². The highest BCUT2D eigenvalue weighted by Gasteiger charge is 1.92. The molecule has 0 radical (unpaired) electrons. The molecule has 0 aliphatic rings. The molecule has 0 bridgehead atoms. The molecule has 0 atom stereocenters. The zero-order valence-electron chi connectivity index (χ0n) is 8.45. The van der Waals surface area contributed by atoms with Gasteiger partial charge in [-0.2, -0.15) is 0 Å². The summed E-state index contributed by atoms with van der Waals surface area (Å²) in [4.78, 5) is 0. The van der Waals surface area contributed by atoms with Crippen LogP contribution in [-0.2, 0) is 11.3 Å². The highest BCUT2D eigenvalue weighted by Crippen LogP contribution is 2.08. The van der Waals surface area contributed by atoms with E-state index in [1.165, 1.54) is 0 Å². The van der Waals surface area contributed by atoms with Gasteiger partial charge in [0.25, 0.3) is 0 Å². The topological polar surface area (TPSA) is 9.23 Å². The van der Waals surface area contributed by atoms with Crippen molar-refractivity contribution in [2.75, 3.05) is 0 Å². The Morgan fingerprint density at radius 2 is 1.87 bits per heavy atom. The van der Waals surface area contributed by atoms with E-state index in [2.05, 4.69) is 29.1 Å². The van der Waals surface area contributed by atoms with Crippen LogP contribution in [0.2, 0.25) is 0 Å². The van der Waals surface area contributed by atoms with Crippen LogP contribution in [0.5, 0.6) is 0 Å². The van der Waals surface area contributed by atoms with Crippen LogP contribution in [0.1, 0.15) is 5.56 Å². The molecule has 1 aromatic rings. The fourth-order valence-corrected chi connectivity index (χ4v) is 1.11. The number of halogens is 1. The van der Waals surface area contributed by atoms with Crippen LogP contribution in [0.3, 0.4) is 0 Å². The van der Waals surface area contributed by atoms with Gasteiger partial charge in [0.15, 0.2) is 0 Å². The van der Waals surface area contributed by atoms with Crippen LogP contribution in [-0.4, -0.2) is 0 Å². The Kier molecular flexibility index (Phi) is 4.91. The molecule has 0 heterocycles. The Morgan fingerprint density at radius 3 is 2.47 bits per heavy atom. The molecule has 0 aliphatic carbocycles. The van der Waals surface area contributed by atoms with Crippen molar-refractivity contribution >= 4 is 15.9 Å². The molecular weight excluding hydrogens is 252 g/mol. The molecule has 78 valence electrons. The SMILES string of the molecule is C=C(Br)/C=C\C(=C)OCc1ccccc1. The van der Waals surface area contributed by atoms with Crippen LogP contribution in [0, 0.1) is 0 Å². The predicted octanol–water partition coefficient (Wildman–Crippen LogP) is 4.18. The second kappa shape index (κ2) is 6.25. The smallest absolute Gasteiger partial charge is 0.113 e. The van der Waals surface area contributed by atoms with Crippen LogP contribution in [0.25, 0.3) is 0 Å². The van der Waals surface area contributed by atoms with Gasteiger partial charge in [-0.05, 0) is 17.7 Å². The van der Waals surface area contributed by atoms with Crippen LogP contribution in [0.15, 0.2) is 65.9 Å². The number of hydrogen-bond acceptors (Lipinski definition) is 1. The van der Waals surface area contributed by atoms with E-state index in [0.717, 1.165) is 10.0 Å². The quantitative estimate of drug-likeness (QED) is 0.573. The molecule has 0 N–H and O–H groups in total. The highest BCUT2D eigenvalue weighted by molar-refractivity contribution is 9.11. The summed E-state index contributed by atoms with van der Waals surface area (Å²) in [5.41, 5.74) is 1.13. The fraction of sp³-hybridized carbons (Fsp3) is 0.0769. The van der Waals surface area contributed by atoms with Crippen LogP contribution in [0.4, 0.5) is 0 Å². The Morgan fingerprint density at radius 1 is 1.20 bits per heavy atom. The van der Waals surface area contributed by atoms with Crippen LogP contribution >= 0.6 is 15.9 Å². The highest BCUT2D eigenvalue weighted by atomic mass is 79.9. The molecule has 0 spiro atoms. The molecule has 0 saturated carbocycles. The zero-order valence-corrected chi connectivity index (χ0v) is 10.0. The first-order chi connectivity index (χ1) is 7.18. The molecule has 0 saturated heterocycles. The lowest BCUT2D eigenvalue weighted by Crippen LogP contribution is -1.89. The maximum atomic E-state index is 5.44. The predicted molar refractivity (Wildman–Crippen MR) is 67.6 cm³/mol. The normalized spacial score (nSPS) is 10.2. The van der Waals surface area contributed by atoms with Gasteiger partial charge in [-0.3, -0.25) is 0 Å². The lowest BCUT2D eigenvalue weighted by molar-refractivity contribution is 0.212. The van der Waals surface area contributed by atoms with Crippen LogP contribution < -0.4 is 0 Å². The van der Waals surface area contributed by atoms with Gasteiger partial charge in [0.05, 0.1) is 0 Å². The standard InChI is InChI=1S/C13H13BrO/c1-11(14)8-9-12(2)15-10-13-6-4-3-5-7-13/h3-9H,1-2,10H2/b9-8-. The molecule has 0 aromatic heterocycles. The molecule has 2 heteroatoms. The third-order valence-electron chi connectivity index (χ3n) is 1.72. The minimum atomic E-state index is 0.540. The van der Waals surface area contributed by atoms with E-state index in [1.807, 2.05) is 30.3 Å². The Balaban J connectivity index is 2.38. The van der Waals surface area contributed by atoms with Gasteiger partial charge in [0, 0.05) is 4.48 Å². The molecule has 0 unspecified atom stereocenters. The summed E-state index contributed by atoms with van der Waals surface area (Å²) >= 11 is 3.22. The van der Waals surface area contributed by atoms with Gasteiger partial charge in [-0.25, -0.2) is 0 Å². The Labute approximate surface area is 98.9 Å². The maximum Gasteiger partial charge on any atom is 0.113 e. The van der Waals surface area contributed by atoms with E-state index in [9.17, 15) is 0 Å². The van der Waals surface area contributed by atoms with Crippen molar-refractivity contribution in [1.29, 1.82) is 0 Å². The van der Waals surface area contributed by atoms with E-state index in [4.69, 9.17) is 4.74 Å². The summed E-state index contributed by atoms with van der Waals surface area (Å²) in [6.07, 6.45) is 3.58. The summed E-state index contributed by atoms with van der Waals surface area (Å²) in [7, 11) is 0. The van der Waals surface area contributed by atoms with Gasteiger partial charge in [0.1, 0.15) is 12.4 Å². The fourth-order valence-electron chi connectivity index (χ4n) is 0.982. The monoisotopic (exact) mass is 264 g/mol. The van der Waals surface area contributed by atoms with E-state index in [0.29, 0.717) is 12.4 Å². The molecule has 0 fully saturated rings. The average Bonchev–Trinajstić information content (AvgIpc) is 2.25. The Bertz CT molecular complexity index is 365. The molecule has 1 rings (SSSR count). The van der Waals surface area contributed by atoms with Gasteiger partial charge in [-0.15, -0.1) is 0 Å². The molecule has 0 aliphatic heterocycles. The van der Waals surface area contributed by atoms with E-state index in [-0.39, 0.29) is 0 Å². The van der Waals surface area contributed by atoms with Crippen molar-refractivity contribution < 1.29 is 4.74 Å². The first-order valence-corrected chi connectivity index (χ1v) is 5.36. The van der Waals surface area contributed by atoms with Gasteiger partial charge >= 0.3 is 0 Å². The van der Waals surface area contributed by atoms with Crippen molar-refractivity contribution in [2.45, 2.75) is 6.61 Å². The molecule has 1 nitrogen and oxygen atoms in total. The first-order valence-electron chi connectivity index (χ1n) is 4.56. The Hall–Kier alpha value is -1.28. The third kappa shape index (κ3) is 5.23. The number of ether oxygens (including phenoxy) is 1. The third-order valence-corrected chi connectivity index (χ3v) is 1.98. The van der Waals surface area contributed by atoms with Gasteiger partial charge in [0.2, 0.25) is 0 Å². The van der Waals surface area contributed by atoms with Crippen molar-refractivity contribution in [2.24, 2.45) is 0 Å². The lowest BCUT2D eigenvalue weighted by atomic mass is 10.2. The summed E-state index contributed by atoms with van der Waals surface area (Å²) < 4.78 is 6.23. The number of hydrogen-bond donors (Lipinski definition) is 0. The number of allylic oxidation sites excluding steroid dienone is 3. The zero-order chi connectivity index (χ0) is 11.1. The van der Waals surface area contributed by atoms with Gasteiger partial charge in [-0.1, -0.05) is 59.4 Å². The van der Waals surface area contributed by atoms with Crippen molar-refractivity contribution in [3.63, 3.8) is 0 Å². The molecule has 0 amide bonds. The lowest BCUT2D eigenvalue weighted by Gasteiger charge is -2.05. The molecule has 1 aromatic carbocycles. The largest absolute Gasteiger partial charge is 0.490 e. The number of rotatable bonds is 5. The van der Waals surface area contributed by atoms with E-state index in [1.54, 1.807) is 12.2 Å². The van der Waals surface area contributed by atoms with E-state index < -0.39 is 0 Å². The maximum absolute atomic E-state index is 5.44. The molecule has 15 heavy (non-hydrogen) atoms. The number of benzene rings is 1. The molecular formula is C13H13BrO. The summed E-state index contributed by atoms with van der Waals surface area (Å²) in [5, 5.41) is 0. The summed E-state index contributed by atoms with van der Waals surface area (Å²) in [6, 6.07) is 9.98. The van der Waals surface area contributed by atoms with Gasteiger partial charge < -0.3 is 4.74 Å². The van der Waals surface area contributed by atoms with Crippen molar-refractivity contribution in [3.8, 4) is 0 Å². The van der Waals surface area contributed by atoms with Crippen molar-refractivity contribution in [3.05, 3.63) is 71.4 Å². The minimum Gasteiger partial charge on any atom is -0.490 e. The second-order valence-corrected chi connectivity index (χ2v) is 4.04. The van der Waals surface area contributed by atoms with Crippen molar-refractivity contribution in [1.82, 2.24) is 0 Å². The summed E-state index contributed by atoms with van der Waals surface area (Å²) in [5.74, 6) is 0.624. The first kappa shape index (κ1) is 11.8. The summed E-state index contributed by atoms with van der Waals surface area (Å²) in [6.45, 7) is 7.99. The second-order valence-electron chi connectivity index (χ2n) is 3.02. The average molecular weight is 265 g/mol.